The second kappa shape index (κ2) is 6.91. The van der Waals surface area contributed by atoms with E-state index in [1.807, 2.05) is 19.1 Å². The highest BCUT2D eigenvalue weighted by molar-refractivity contribution is 5.28. The molecule has 2 aromatic rings. The summed E-state index contributed by atoms with van der Waals surface area (Å²) >= 11 is 0. The van der Waals surface area contributed by atoms with E-state index in [1.165, 1.54) is 0 Å². The quantitative estimate of drug-likeness (QED) is 0.521. The Balaban J connectivity index is 1.73. The SMILES string of the molecule is CCc1ccc(C2CCC(c3cc(F)c(F)nc3F)CC2)c(F)c1. The summed E-state index contributed by atoms with van der Waals surface area (Å²) < 4.78 is 54.3. The average molecular weight is 337 g/mol. The predicted molar refractivity (Wildman–Crippen MR) is 83.8 cm³/mol. The maximum atomic E-state index is 14.2. The number of aryl methyl sites for hydroxylation is 1. The van der Waals surface area contributed by atoms with Crippen LogP contribution in [-0.4, -0.2) is 4.98 Å². The lowest BCUT2D eigenvalue weighted by Gasteiger charge is -2.29. The van der Waals surface area contributed by atoms with Gasteiger partial charge in [-0.05, 0) is 67.2 Å². The van der Waals surface area contributed by atoms with Gasteiger partial charge in [-0.25, -0.2) is 8.78 Å². The molecule has 1 aromatic carbocycles. The van der Waals surface area contributed by atoms with Crippen molar-refractivity contribution in [3.05, 3.63) is 64.5 Å². The van der Waals surface area contributed by atoms with Gasteiger partial charge < -0.3 is 0 Å². The summed E-state index contributed by atoms with van der Waals surface area (Å²) in [6.07, 6.45) is 3.36. The third kappa shape index (κ3) is 3.30. The molecule has 0 radical (unpaired) electrons. The van der Waals surface area contributed by atoms with Gasteiger partial charge in [0.1, 0.15) is 5.82 Å². The van der Waals surface area contributed by atoms with Gasteiger partial charge in [-0.2, -0.15) is 13.8 Å². The van der Waals surface area contributed by atoms with Crippen LogP contribution in [0, 0.1) is 23.5 Å². The Kier molecular flexibility index (Phi) is 4.88. The Morgan fingerprint density at radius 3 is 2.04 bits per heavy atom. The molecule has 0 saturated heterocycles. The van der Waals surface area contributed by atoms with Gasteiger partial charge in [0.2, 0.25) is 5.95 Å². The van der Waals surface area contributed by atoms with Crippen LogP contribution in [-0.2, 0) is 6.42 Å². The van der Waals surface area contributed by atoms with Crippen LogP contribution in [0.5, 0.6) is 0 Å². The second-order valence-electron chi connectivity index (χ2n) is 6.40. The molecular weight excluding hydrogens is 318 g/mol. The molecular formula is C19H19F4N. The number of aromatic nitrogens is 1. The fourth-order valence-corrected chi connectivity index (χ4v) is 3.58. The molecule has 1 fully saturated rings. The minimum Gasteiger partial charge on any atom is -0.207 e. The normalized spacial score (nSPS) is 21.0. The molecule has 0 amide bonds. The largest absolute Gasteiger partial charge is 0.251 e. The van der Waals surface area contributed by atoms with Crippen LogP contribution < -0.4 is 0 Å². The number of hydrogen-bond acceptors (Lipinski definition) is 1. The smallest absolute Gasteiger partial charge is 0.207 e. The van der Waals surface area contributed by atoms with Crippen molar-refractivity contribution in [1.82, 2.24) is 4.98 Å². The fourth-order valence-electron chi connectivity index (χ4n) is 3.58. The molecule has 0 N–H and O–H groups in total. The van der Waals surface area contributed by atoms with Crippen LogP contribution in [0.1, 0.15) is 61.1 Å². The van der Waals surface area contributed by atoms with Gasteiger partial charge >= 0.3 is 0 Å². The van der Waals surface area contributed by atoms with E-state index in [9.17, 15) is 17.6 Å². The van der Waals surface area contributed by atoms with Crippen molar-refractivity contribution in [2.75, 3.05) is 0 Å². The minimum atomic E-state index is -1.41. The van der Waals surface area contributed by atoms with E-state index in [-0.39, 0.29) is 23.2 Å². The Morgan fingerprint density at radius 2 is 1.46 bits per heavy atom. The van der Waals surface area contributed by atoms with E-state index in [4.69, 9.17) is 0 Å². The number of hydrogen-bond donors (Lipinski definition) is 0. The highest BCUT2D eigenvalue weighted by atomic mass is 19.2. The number of halogens is 4. The van der Waals surface area contributed by atoms with E-state index in [2.05, 4.69) is 4.98 Å². The Bertz CT molecular complexity index is 736. The van der Waals surface area contributed by atoms with E-state index >= 15 is 0 Å². The van der Waals surface area contributed by atoms with Gasteiger partial charge in [-0.15, -0.1) is 0 Å². The number of pyridine rings is 1. The molecule has 128 valence electrons. The molecule has 0 unspecified atom stereocenters. The first kappa shape index (κ1) is 16.9. The van der Waals surface area contributed by atoms with Crippen molar-refractivity contribution >= 4 is 0 Å². The van der Waals surface area contributed by atoms with Crippen molar-refractivity contribution in [3.8, 4) is 0 Å². The van der Waals surface area contributed by atoms with Crippen molar-refractivity contribution in [2.24, 2.45) is 0 Å². The summed E-state index contributed by atoms with van der Waals surface area (Å²) in [7, 11) is 0. The molecule has 1 aliphatic carbocycles. The first-order valence-corrected chi connectivity index (χ1v) is 8.29. The number of nitrogens with zero attached hydrogens (tertiary/aromatic N) is 1. The molecule has 0 bridgehead atoms. The molecule has 24 heavy (non-hydrogen) atoms. The zero-order chi connectivity index (χ0) is 17.3. The highest BCUT2D eigenvalue weighted by Crippen LogP contribution is 2.41. The molecule has 1 heterocycles. The van der Waals surface area contributed by atoms with Gasteiger partial charge in [-0.3, -0.25) is 0 Å². The topological polar surface area (TPSA) is 12.9 Å². The van der Waals surface area contributed by atoms with Gasteiger partial charge in [-0.1, -0.05) is 19.1 Å². The minimum absolute atomic E-state index is 0.0773. The molecule has 1 aliphatic rings. The fraction of sp³-hybridized carbons (Fsp3) is 0.421. The predicted octanol–water partition coefficient (Wildman–Crippen LogP) is 5.64. The monoisotopic (exact) mass is 337 g/mol. The third-order valence-corrected chi connectivity index (χ3v) is 4.99. The van der Waals surface area contributed by atoms with Crippen LogP contribution in [0.3, 0.4) is 0 Å². The van der Waals surface area contributed by atoms with E-state index in [1.54, 1.807) is 6.07 Å². The van der Waals surface area contributed by atoms with Crippen LogP contribution in [0.25, 0.3) is 0 Å². The average Bonchev–Trinajstić information content (AvgIpc) is 2.58. The second-order valence-corrected chi connectivity index (χ2v) is 6.40. The lowest BCUT2D eigenvalue weighted by atomic mass is 9.76. The Labute approximate surface area is 138 Å². The molecule has 3 rings (SSSR count). The molecule has 5 heteroatoms. The first-order valence-electron chi connectivity index (χ1n) is 8.29. The Hall–Kier alpha value is -1.91. The summed E-state index contributed by atoms with van der Waals surface area (Å²) in [5.74, 6) is -3.82. The zero-order valence-corrected chi connectivity index (χ0v) is 13.5. The lowest BCUT2D eigenvalue weighted by molar-refractivity contribution is 0.368. The molecule has 0 atom stereocenters. The van der Waals surface area contributed by atoms with E-state index < -0.39 is 17.7 Å². The van der Waals surface area contributed by atoms with Crippen molar-refractivity contribution < 1.29 is 17.6 Å². The zero-order valence-electron chi connectivity index (χ0n) is 13.5. The van der Waals surface area contributed by atoms with Gasteiger partial charge in [0.25, 0.3) is 5.95 Å². The van der Waals surface area contributed by atoms with Crippen LogP contribution >= 0.6 is 0 Å². The van der Waals surface area contributed by atoms with Gasteiger partial charge in [0.05, 0.1) is 0 Å². The van der Waals surface area contributed by atoms with Crippen LogP contribution in [0.2, 0.25) is 0 Å². The molecule has 1 aromatic heterocycles. The highest BCUT2D eigenvalue weighted by Gasteiger charge is 2.28. The molecule has 1 nitrogen and oxygen atoms in total. The maximum absolute atomic E-state index is 14.2. The summed E-state index contributed by atoms with van der Waals surface area (Å²) in [5, 5.41) is 0. The summed E-state index contributed by atoms with van der Waals surface area (Å²) in [6.45, 7) is 1.98. The van der Waals surface area contributed by atoms with Crippen LogP contribution in [0.15, 0.2) is 24.3 Å². The lowest BCUT2D eigenvalue weighted by Crippen LogP contribution is -2.15. The van der Waals surface area contributed by atoms with Crippen molar-refractivity contribution in [2.45, 2.75) is 50.9 Å². The maximum Gasteiger partial charge on any atom is 0.251 e. The molecule has 0 spiro atoms. The summed E-state index contributed by atoms with van der Waals surface area (Å²) in [4.78, 5) is 2.99. The summed E-state index contributed by atoms with van der Waals surface area (Å²) in [5.41, 5.74) is 1.77. The first-order chi connectivity index (χ1) is 11.5. The van der Waals surface area contributed by atoms with Gasteiger partial charge in [0.15, 0.2) is 5.82 Å². The standard InChI is InChI=1S/C19H19F4N/c1-2-11-3-8-14(16(20)9-11)12-4-6-13(7-5-12)15-10-17(21)19(23)24-18(15)22/h3,8-10,12-13H,2,4-7H2,1H3. The van der Waals surface area contributed by atoms with Crippen molar-refractivity contribution in [1.29, 1.82) is 0 Å². The van der Waals surface area contributed by atoms with Gasteiger partial charge in [0, 0.05) is 5.56 Å². The molecule has 0 aliphatic heterocycles. The molecule has 1 saturated carbocycles. The number of rotatable bonds is 3. The Morgan fingerprint density at radius 1 is 0.833 bits per heavy atom. The van der Waals surface area contributed by atoms with Crippen molar-refractivity contribution in [3.63, 3.8) is 0 Å². The van der Waals surface area contributed by atoms with Crippen LogP contribution in [0.4, 0.5) is 17.6 Å². The third-order valence-electron chi connectivity index (χ3n) is 4.99. The van der Waals surface area contributed by atoms with E-state index in [0.29, 0.717) is 31.2 Å². The van der Waals surface area contributed by atoms with E-state index in [0.717, 1.165) is 18.1 Å². The number of benzene rings is 1. The summed E-state index contributed by atoms with van der Waals surface area (Å²) in [6, 6.07) is 6.24.